The van der Waals surface area contributed by atoms with E-state index in [0.29, 0.717) is 41.5 Å². The summed E-state index contributed by atoms with van der Waals surface area (Å²) in [7, 11) is 3.06. The molecule has 0 saturated carbocycles. The van der Waals surface area contributed by atoms with Gasteiger partial charge in [-0.2, -0.15) is 4.98 Å². The third-order valence-corrected chi connectivity index (χ3v) is 5.49. The fourth-order valence-corrected chi connectivity index (χ4v) is 3.74. The molecule has 9 nitrogen and oxygen atoms in total. The average Bonchev–Trinajstić information content (AvgIpc) is 2.78. The number of amides is 1. The van der Waals surface area contributed by atoms with Gasteiger partial charge in [0, 0.05) is 49.0 Å². The van der Waals surface area contributed by atoms with E-state index in [1.54, 1.807) is 37.5 Å². The second kappa shape index (κ2) is 8.83. The molecule has 0 atom stereocenters. The van der Waals surface area contributed by atoms with Crippen LogP contribution in [0, 0.1) is 6.92 Å². The van der Waals surface area contributed by atoms with Gasteiger partial charge in [0.2, 0.25) is 5.95 Å². The molecule has 3 aromatic rings. The minimum absolute atomic E-state index is 0.199. The standard InChI is InChI=1S/C22H25N5O4/c1-13-4-5-14(20(28)26-30-3)10-17(13)18-11-15-12-23-22(24-16-6-8-31-9-7-16)25-19(15)27(2)21(18)29/h4-5,10-12,16H,6-9H2,1-3H3,(H,26,28)(H,23,24,25). The molecule has 1 fully saturated rings. The zero-order valence-corrected chi connectivity index (χ0v) is 17.8. The van der Waals surface area contributed by atoms with Crippen molar-refractivity contribution < 1.29 is 14.4 Å². The molecule has 2 N–H and O–H groups in total. The van der Waals surface area contributed by atoms with Crippen LogP contribution in [-0.4, -0.2) is 46.8 Å². The van der Waals surface area contributed by atoms with Gasteiger partial charge in [0.1, 0.15) is 5.65 Å². The maximum absolute atomic E-state index is 13.2. The summed E-state index contributed by atoms with van der Waals surface area (Å²) in [5, 5.41) is 4.07. The van der Waals surface area contributed by atoms with Crippen LogP contribution in [0.3, 0.4) is 0 Å². The number of anilines is 1. The van der Waals surface area contributed by atoms with E-state index in [4.69, 9.17) is 9.57 Å². The van der Waals surface area contributed by atoms with E-state index in [9.17, 15) is 9.59 Å². The Bertz CT molecular complexity index is 1180. The number of carbonyl (C=O) groups excluding carboxylic acids is 1. The smallest absolute Gasteiger partial charge is 0.274 e. The second-order valence-electron chi connectivity index (χ2n) is 7.59. The molecule has 1 amide bonds. The molecule has 1 aliphatic rings. The third kappa shape index (κ3) is 4.28. The number of hydroxylamine groups is 1. The predicted octanol–water partition coefficient (Wildman–Crippen LogP) is 2.19. The Morgan fingerprint density at radius 3 is 2.74 bits per heavy atom. The van der Waals surface area contributed by atoms with Gasteiger partial charge in [0.05, 0.1) is 7.11 Å². The van der Waals surface area contributed by atoms with Crippen molar-refractivity contribution in [3.63, 3.8) is 0 Å². The molecule has 1 aliphatic heterocycles. The lowest BCUT2D eigenvalue weighted by atomic mass is 9.98. The molecule has 0 bridgehead atoms. The van der Waals surface area contributed by atoms with Gasteiger partial charge in [-0.05, 0) is 49.1 Å². The predicted molar refractivity (Wildman–Crippen MR) is 117 cm³/mol. The van der Waals surface area contributed by atoms with E-state index in [0.717, 1.165) is 23.8 Å². The first kappa shape index (κ1) is 21.0. The van der Waals surface area contributed by atoms with Crippen LogP contribution in [0.25, 0.3) is 22.2 Å². The molecule has 31 heavy (non-hydrogen) atoms. The molecule has 162 valence electrons. The normalized spacial score (nSPS) is 14.5. The molecule has 2 aromatic heterocycles. The van der Waals surface area contributed by atoms with Crippen LogP contribution < -0.4 is 16.4 Å². The van der Waals surface area contributed by atoms with Crippen LogP contribution in [-0.2, 0) is 16.6 Å². The quantitative estimate of drug-likeness (QED) is 0.606. The first-order chi connectivity index (χ1) is 15.0. The Morgan fingerprint density at radius 2 is 2.00 bits per heavy atom. The Morgan fingerprint density at radius 1 is 1.23 bits per heavy atom. The van der Waals surface area contributed by atoms with Crippen LogP contribution in [0.15, 0.2) is 35.3 Å². The maximum atomic E-state index is 13.2. The summed E-state index contributed by atoms with van der Waals surface area (Å²) in [5.41, 5.74) is 5.08. The lowest BCUT2D eigenvalue weighted by Gasteiger charge is -2.23. The van der Waals surface area contributed by atoms with Crippen molar-refractivity contribution in [2.75, 3.05) is 25.6 Å². The molecule has 0 unspecified atom stereocenters. The van der Waals surface area contributed by atoms with E-state index in [1.165, 1.54) is 11.7 Å². The van der Waals surface area contributed by atoms with E-state index >= 15 is 0 Å². The maximum Gasteiger partial charge on any atom is 0.274 e. The van der Waals surface area contributed by atoms with Crippen molar-refractivity contribution in [3.05, 3.63) is 51.9 Å². The van der Waals surface area contributed by atoms with E-state index in [-0.39, 0.29) is 17.5 Å². The number of pyridine rings is 1. The summed E-state index contributed by atoms with van der Waals surface area (Å²) in [6, 6.07) is 7.22. The Kier molecular flexibility index (Phi) is 5.97. The SMILES string of the molecule is CONC(=O)c1ccc(C)c(-c2cc3cnc(NC4CCOCC4)nc3n(C)c2=O)c1. The summed E-state index contributed by atoms with van der Waals surface area (Å²) < 4.78 is 6.90. The minimum atomic E-state index is -0.381. The summed E-state index contributed by atoms with van der Waals surface area (Å²) in [6.07, 6.45) is 3.50. The zero-order valence-electron chi connectivity index (χ0n) is 17.8. The molecule has 9 heteroatoms. The second-order valence-corrected chi connectivity index (χ2v) is 7.59. The van der Waals surface area contributed by atoms with Crippen LogP contribution >= 0.6 is 0 Å². The van der Waals surface area contributed by atoms with Crippen molar-refractivity contribution in [2.24, 2.45) is 7.05 Å². The highest BCUT2D eigenvalue weighted by atomic mass is 16.6. The van der Waals surface area contributed by atoms with Crippen LogP contribution in [0.1, 0.15) is 28.8 Å². The van der Waals surface area contributed by atoms with Crippen molar-refractivity contribution >= 4 is 22.9 Å². The molecule has 1 saturated heterocycles. The Labute approximate surface area is 179 Å². The van der Waals surface area contributed by atoms with Crippen molar-refractivity contribution in [2.45, 2.75) is 25.8 Å². The van der Waals surface area contributed by atoms with Gasteiger partial charge >= 0.3 is 0 Å². The first-order valence-electron chi connectivity index (χ1n) is 10.1. The highest BCUT2D eigenvalue weighted by Gasteiger charge is 2.17. The summed E-state index contributed by atoms with van der Waals surface area (Å²) in [6.45, 7) is 3.33. The molecular formula is C22H25N5O4. The number of benzene rings is 1. The van der Waals surface area contributed by atoms with Crippen molar-refractivity contribution in [1.29, 1.82) is 0 Å². The van der Waals surface area contributed by atoms with E-state index in [2.05, 4.69) is 20.8 Å². The van der Waals surface area contributed by atoms with Crippen LogP contribution in [0.2, 0.25) is 0 Å². The van der Waals surface area contributed by atoms with Crippen LogP contribution in [0.5, 0.6) is 0 Å². The molecule has 0 aliphatic carbocycles. The number of aryl methyl sites for hydroxylation is 2. The Hall–Kier alpha value is -3.30. The van der Waals surface area contributed by atoms with Crippen molar-refractivity contribution in [1.82, 2.24) is 20.0 Å². The minimum Gasteiger partial charge on any atom is -0.381 e. The molecular weight excluding hydrogens is 398 g/mol. The van der Waals surface area contributed by atoms with Gasteiger partial charge in [-0.1, -0.05) is 6.07 Å². The molecule has 1 aromatic carbocycles. The lowest BCUT2D eigenvalue weighted by molar-refractivity contribution is 0.0537. The zero-order chi connectivity index (χ0) is 22.0. The number of carbonyl (C=O) groups is 1. The number of rotatable bonds is 5. The average molecular weight is 423 g/mol. The molecule has 4 rings (SSSR count). The van der Waals surface area contributed by atoms with Gasteiger partial charge in [0.15, 0.2) is 0 Å². The van der Waals surface area contributed by atoms with Gasteiger partial charge in [0.25, 0.3) is 11.5 Å². The molecule has 0 radical (unpaired) electrons. The number of hydrogen-bond acceptors (Lipinski definition) is 7. The largest absolute Gasteiger partial charge is 0.381 e. The van der Waals surface area contributed by atoms with Gasteiger partial charge in [-0.3, -0.25) is 19.0 Å². The Balaban J connectivity index is 1.74. The highest BCUT2D eigenvalue weighted by molar-refractivity contribution is 5.95. The number of nitrogens with zero attached hydrogens (tertiary/aromatic N) is 3. The topological polar surface area (TPSA) is 107 Å². The van der Waals surface area contributed by atoms with E-state index < -0.39 is 0 Å². The number of aromatic nitrogens is 3. The third-order valence-electron chi connectivity index (χ3n) is 5.49. The number of nitrogens with one attached hydrogen (secondary N) is 2. The number of ether oxygens (including phenoxy) is 1. The fraction of sp³-hybridized carbons (Fsp3) is 0.364. The van der Waals surface area contributed by atoms with Crippen molar-refractivity contribution in [3.8, 4) is 11.1 Å². The van der Waals surface area contributed by atoms with Gasteiger partial charge in [-0.15, -0.1) is 0 Å². The summed E-state index contributed by atoms with van der Waals surface area (Å²) >= 11 is 0. The molecule has 3 heterocycles. The van der Waals surface area contributed by atoms with Gasteiger partial charge < -0.3 is 10.1 Å². The van der Waals surface area contributed by atoms with E-state index in [1.807, 2.05) is 6.92 Å². The number of fused-ring (bicyclic) bond motifs is 1. The van der Waals surface area contributed by atoms with Crippen LogP contribution in [0.4, 0.5) is 5.95 Å². The summed E-state index contributed by atoms with van der Waals surface area (Å²) in [5.74, 6) is 0.116. The lowest BCUT2D eigenvalue weighted by Crippen LogP contribution is -2.29. The van der Waals surface area contributed by atoms with Gasteiger partial charge in [-0.25, -0.2) is 10.5 Å². The summed E-state index contributed by atoms with van der Waals surface area (Å²) in [4.78, 5) is 39.1. The highest BCUT2D eigenvalue weighted by Crippen LogP contribution is 2.25. The first-order valence-corrected chi connectivity index (χ1v) is 10.1. The monoisotopic (exact) mass is 423 g/mol. The fourth-order valence-electron chi connectivity index (χ4n) is 3.74. The number of hydrogen-bond donors (Lipinski definition) is 2. The molecule has 0 spiro atoms.